The standard InChI is InChI=1S/C16H22N2O3/c1-11-5-7-14-13(10-11)4-3-9-18(14)16(21)17-12(2)6-8-15(19)20/h5,7,10,12H,3-4,6,8-9H2,1-2H3,(H,17,21)(H,19,20). The maximum atomic E-state index is 12.4. The molecule has 1 aromatic carbocycles. The number of hydrogen-bond acceptors (Lipinski definition) is 2. The molecule has 0 aromatic heterocycles. The van der Waals surface area contributed by atoms with Crippen LogP contribution in [-0.2, 0) is 11.2 Å². The summed E-state index contributed by atoms with van der Waals surface area (Å²) in [7, 11) is 0. The summed E-state index contributed by atoms with van der Waals surface area (Å²) in [5, 5.41) is 11.6. The van der Waals surface area contributed by atoms with Gasteiger partial charge < -0.3 is 10.4 Å². The van der Waals surface area contributed by atoms with E-state index in [0.29, 0.717) is 13.0 Å². The van der Waals surface area contributed by atoms with Gasteiger partial charge in [0.05, 0.1) is 0 Å². The second-order valence-electron chi connectivity index (χ2n) is 5.67. The molecule has 1 heterocycles. The van der Waals surface area contributed by atoms with E-state index in [1.54, 1.807) is 4.90 Å². The van der Waals surface area contributed by atoms with Crippen LogP contribution in [0.4, 0.5) is 10.5 Å². The van der Waals surface area contributed by atoms with E-state index in [2.05, 4.69) is 11.4 Å². The van der Waals surface area contributed by atoms with Crippen molar-refractivity contribution in [2.75, 3.05) is 11.4 Å². The Morgan fingerprint density at radius 1 is 1.43 bits per heavy atom. The minimum atomic E-state index is -0.838. The van der Waals surface area contributed by atoms with Crippen LogP contribution in [0.25, 0.3) is 0 Å². The van der Waals surface area contributed by atoms with Gasteiger partial charge in [-0.25, -0.2) is 4.79 Å². The molecule has 5 nitrogen and oxygen atoms in total. The van der Waals surface area contributed by atoms with Crippen molar-refractivity contribution in [1.82, 2.24) is 5.32 Å². The van der Waals surface area contributed by atoms with Gasteiger partial charge in [0.2, 0.25) is 0 Å². The van der Waals surface area contributed by atoms with Crippen LogP contribution in [0.3, 0.4) is 0 Å². The summed E-state index contributed by atoms with van der Waals surface area (Å²) in [6, 6.07) is 5.84. The average molecular weight is 290 g/mol. The number of hydrogen-bond donors (Lipinski definition) is 2. The van der Waals surface area contributed by atoms with E-state index >= 15 is 0 Å². The molecule has 0 saturated heterocycles. The van der Waals surface area contributed by atoms with Crippen molar-refractivity contribution in [3.8, 4) is 0 Å². The minimum absolute atomic E-state index is 0.0667. The highest BCUT2D eigenvalue weighted by molar-refractivity contribution is 5.93. The smallest absolute Gasteiger partial charge is 0.322 e. The van der Waals surface area contributed by atoms with Crippen molar-refractivity contribution in [2.45, 2.75) is 45.6 Å². The zero-order chi connectivity index (χ0) is 15.4. The normalized spacial score (nSPS) is 15.2. The predicted molar refractivity (Wildman–Crippen MR) is 81.7 cm³/mol. The van der Waals surface area contributed by atoms with Crippen molar-refractivity contribution in [1.29, 1.82) is 0 Å². The quantitative estimate of drug-likeness (QED) is 0.895. The first-order chi connectivity index (χ1) is 9.97. The number of fused-ring (bicyclic) bond motifs is 1. The number of carboxylic acid groups (broad SMARTS) is 1. The SMILES string of the molecule is Cc1ccc2c(c1)CCCN2C(=O)NC(C)CCC(=O)O. The third-order valence-electron chi connectivity index (χ3n) is 3.76. The number of nitrogens with zero attached hydrogens (tertiary/aromatic N) is 1. The number of carbonyl (C=O) groups is 2. The van der Waals surface area contributed by atoms with Crippen LogP contribution in [0.2, 0.25) is 0 Å². The Morgan fingerprint density at radius 3 is 2.90 bits per heavy atom. The van der Waals surface area contributed by atoms with Crippen molar-refractivity contribution in [3.63, 3.8) is 0 Å². The summed E-state index contributed by atoms with van der Waals surface area (Å²) in [5.74, 6) is -0.838. The lowest BCUT2D eigenvalue weighted by molar-refractivity contribution is -0.137. The predicted octanol–water partition coefficient (Wildman–Crippen LogP) is 2.71. The number of rotatable bonds is 4. The first-order valence-electron chi connectivity index (χ1n) is 7.36. The Balaban J connectivity index is 2.02. The second-order valence-corrected chi connectivity index (χ2v) is 5.67. The summed E-state index contributed by atoms with van der Waals surface area (Å²) in [4.78, 5) is 24.7. The first kappa shape index (κ1) is 15.4. The molecule has 1 unspecified atom stereocenters. The summed E-state index contributed by atoms with van der Waals surface area (Å²) in [6.45, 7) is 4.58. The van der Waals surface area contributed by atoms with Crippen molar-refractivity contribution in [2.24, 2.45) is 0 Å². The highest BCUT2D eigenvalue weighted by Gasteiger charge is 2.23. The maximum absolute atomic E-state index is 12.4. The van der Waals surface area contributed by atoms with Gasteiger partial charge in [-0.05, 0) is 44.7 Å². The lowest BCUT2D eigenvalue weighted by Crippen LogP contribution is -2.46. The molecule has 114 valence electrons. The third-order valence-corrected chi connectivity index (χ3v) is 3.76. The fraction of sp³-hybridized carbons (Fsp3) is 0.500. The number of amides is 2. The van der Waals surface area contributed by atoms with Gasteiger partial charge in [-0.2, -0.15) is 0 Å². The van der Waals surface area contributed by atoms with Gasteiger partial charge in [0, 0.05) is 24.7 Å². The van der Waals surface area contributed by atoms with Crippen LogP contribution in [0.1, 0.15) is 37.3 Å². The highest BCUT2D eigenvalue weighted by atomic mass is 16.4. The molecule has 21 heavy (non-hydrogen) atoms. The molecular weight excluding hydrogens is 268 g/mol. The molecule has 0 aliphatic carbocycles. The minimum Gasteiger partial charge on any atom is -0.481 e. The summed E-state index contributed by atoms with van der Waals surface area (Å²) in [6.07, 6.45) is 2.45. The first-order valence-corrected chi connectivity index (χ1v) is 7.36. The third kappa shape index (κ3) is 3.97. The highest BCUT2D eigenvalue weighted by Crippen LogP contribution is 2.28. The fourth-order valence-electron chi connectivity index (χ4n) is 2.64. The van der Waals surface area contributed by atoms with Gasteiger partial charge >= 0.3 is 12.0 Å². The van der Waals surface area contributed by atoms with E-state index in [9.17, 15) is 9.59 Å². The second kappa shape index (κ2) is 6.61. The molecule has 0 radical (unpaired) electrons. The van der Waals surface area contributed by atoms with Crippen LogP contribution in [0.5, 0.6) is 0 Å². The number of aryl methyl sites for hydroxylation is 2. The lowest BCUT2D eigenvalue weighted by atomic mass is 10.00. The zero-order valence-corrected chi connectivity index (χ0v) is 12.6. The van der Waals surface area contributed by atoms with Crippen molar-refractivity contribution < 1.29 is 14.7 Å². The number of nitrogens with one attached hydrogen (secondary N) is 1. The van der Waals surface area contributed by atoms with Gasteiger partial charge in [-0.15, -0.1) is 0 Å². The van der Waals surface area contributed by atoms with Gasteiger partial charge in [0.1, 0.15) is 0 Å². The van der Waals surface area contributed by atoms with Crippen molar-refractivity contribution >= 4 is 17.7 Å². The van der Waals surface area contributed by atoms with E-state index in [1.807, 2.05) is 26.0 Å². The van der Waals surface area contributed by atoms with Crippen molar-refractivity contribution in [3.05, 3.63) is 29.3 Å². The number of carbonyl (C=O) groups excluding carboxylic acids is 1. The molecule has 0 spiro atoms. The van der Waals surface area contributed by atoms with Crippen LogP contribution < -0.4 is 10.2 Å². The fourth-order valence-corrected chi connectivity index (χ4v) is 2.64. The van der Waals surface area contributed by atoms with Crippen LogP contribution in [-0.4, -0.2) is 29.7 Å². The Morgan fingerprint density at radius 2 is 2.19 bits per heavy atom. The number of carboxylic acids is 1. The molecule has 0 saturated carbocycles. The molecule has 5 heteroatoms. The van der Waals surface area contributed by atoms with Crippen LogP contribution in [0, 0.1) is 6.92 Å². The topological polar surface area (TPSA) is 69.6 Å². The van der Waals surface area contributed by atoms with E-state index in [4.69, 9.17) is 5.11 Å². The molecule has 2 N–H and O–H groups in total. The van der Waals surface area contributed by atoms with Gasteiger partial charge in [0.15, 0.2) is 0 Å². The van der Waals surface area contributed by atoms with E-state index in [1.165, 1.54) is 11.1 Å². The van der Waals surface area contributed by atoms with E-state index in [-0.39, 0.29) is 18.5 Å². The molecular formula is C16H22N2O3. The van der Waals surface area contributed by atoms with Gasteiger partial charge in [0.25, 0.3) is 0 Å². The van der Waals surface area contributed by atoms with Gasteiger partial charge in [-0.1, -0.05) is 17.7 Å². The Bertz CT molecular complexity index is 542. The van der Waals surface area contributed by atoms with E-state index in [0.717, 1.165) is 18.5 Å². The Hall–Kier alpha value is -2.04. The van der Waals surface area contributed by atoms with Crippen LogP contribution in [0.15, 0.2) is 18.2 Å². The van der Waals surface area contributed by atoms with Gasteiger partial charge in [-0.3, -0.25) is 9.69 Å². The Labute approximate surface area is 125 Å². The number of benzene rings is 1. The molecule has 1 aromatic rings. The maximum Gasteiger partial charge on any atom is 0.322 e. The summed E-state index contributed by atoms with van der Waals surface area (Å²) in [5.41, 5.74) is 3.37. The lowest BCUT2D eigenvalue weighted by Gasteiger charge is -2.31. The number of anilines is 1. The molecule has 0 bridgehead atoms. The largest absolute Gasteiger partial charge is 0.481 e. The number of aliphatic carboxylic acids is 1. The Kier molecular flexibility index (Phi) is 4.83. The molecule has 2 rings (SSSR count). The number of urea groups is 1. The molecule has 1 aliphatic heterocycles. The molecule has 1 atom stereocenters. The van der Waals surface area contributed by atoms with Crippen LogP contribution >= 0.6 is 0 Å². The zero-order valence-electron chi connectivity index (χ0n) is 12.6. The molecule has 0 fully saturated rings. The monoisotopic (exact) mass is 290 g/mol. The average Bonchev–Trinajstić information content (AvgIpc) is 2.44. The summed E-state index contributed by atoms with van der Waals surface area (Å²) < 4.78 is 0. The molecule has 2 amide bonds. The summed E-state index contributed by atoms with van der Waals surface area (Å²) >= 11 is 0. The van der Waals surface area contributed by atoms with E-state index < -0.39 is 5.97 Å². The molecule has 1 aliphatic rings.